The van der Waals surface area contributed by atoms with Gasteiger partial charge in [-0.2, -0.15) is 0 Å². The maximum atomic E-state index is 12.6. The van der Waals surface area contributed by atoms with Crippen molar-refractivity contribution in [1.29, 1.82) is 0 Å². The highest BCUT2D eigenvalue weighted by molar-refractivity contribution is 6.13. The lowest BCUT2D eigenvalue weighted by molar-refractivity contribution is -0.129. The molecule has 1 heterocycles. The number of esters is 1. The summed E-state index contributed by atoms with van der Waals surface area (Å²) in [6.45, 7) is 12.4. The summed E-state index contributed by atoms with van der Waals surface area (Å²) in [5.74, 6) is 0.116. The molecular formula is C30H31NO3. The average molecular weight is 454 g/mol. The molecule has 0 atom stereocenters. The van der Waals surface area contributed by atoms with Crippen LogP contribution in [0.1, 0.15) is 63.8 Å². The van der Waals surface area contributed by atoms with Gasteiger partial charge in [-0.15, -0.1) is 0 Å². The van der Waals surface area contributed by atoms with E-state index < -0.39 is 5.97 Å². The number of aromatic hydroxyl groups is 1. The van der Waals surface area contributed by atoms with Crippen LogP contribution in [0.3, 0.4) is 0 Å². The molecule has 0 spiro atoms. The Bertz CT molecular complexity index is 1250. The van der Waals surface area contributed by atoms with Crippen molar-refractivity contribution < 1.29 is 14.6 Å². The van der Waals surface area contributed by atoms with E-state index in [1.165, 1.54) is 0 Å². The molecule has 0 amide bonds. The minimum absolute atomic E-state index is 0.243. The van der Waals surface area contributed by atoms with Gasteiger partial charge in [0.2, 0.25) is 5.90 Å². The quantitative estimate of drug-likeness (QED) is 0.343. The van der Waals surface area contributed by atoms with Crippen molar-refractivity contribution in [1.82, 2.24) is 0 Å². The Morgan fingerprint density at radius 1 is 0.765 bits per heavy atom. The zero-order chi connectivity index (χ0) is 24.7. The molecule has 0 fully saturated rings. The number of carbonyl (C=O) groups is 1. The number of phenolic OH excluding ortho intramolecular Hbond substituents is 1. The van der Waals surface area contributed by atoms with Crippen LogP contribution < -0.4 is 0 Å². The summed E-state index contributed by atoms with van der Waals surface area (Å²) in [7, 11) is 0. The third-order valence-electron chi connectivity index (χ3n) is 5.91. The molecule has 4 nitrogen and oxygen atoms in total. The molecule has 0 saturated heterocycles. The predicted octanol–water partition coefficient (Wildman–Crippen LogP) is 7.00. The minimum atomic E-state index is -0.482. The summed E-state index contributed by atoms with van der Waals surface area (Å²) in [4.78, 5) is 17.1. The number of phenols is 1. The van der Waals surface area contributed by atoms with Gasteiger partial charge in [0.25, 0.3) is 0 Å². The van der Waals surface area contributed by atoms with Gasteiger partial charge in [-0.3, -0.25) is 0 Å². The number of aliphatic imine (C=N–C) groups is 1. The summed E-state index contributed by atoms with van der Waals surface area (Å²) < 4.78 is 5.49. The highest BCUT2D eigenvalue weighted by Crippen LogP contribution is 2.40. The summed E-state index contributed by atoms with van der Waals surface area (Å²) >= 11 is 0. The summed E-state index contributed by atoms with van der Waals surface area (Å²) in [5.41, 5.74) is 5.14. The maximum Gasteiger partial charge on any atom is 0.363 e. The second-order valence-corrected chi connectivity index (χ2v) is 10.7. The lowest BCUT2D eigenvalue weighted by Crippen LogP contribution is -2.17. The van der Waals surface area contributed by atoms with Gasteiger partial charge in [-0.25, -0.2) is 9.79 Å². The molecule has 174 valence electrons. The monoisotopic (exact) mass is 453 g/mol. The molecule has 0 aromatic heterocycles. The molecule has 0 aliphatic carbocycles. The Labute approximate surface area is 201 Å². The molecule has 0 saturated carbocycles. The molecule has 1 N–H and O–H groups in total. The first-order chi connectivity index (χ1) is 15.9. The number of cyclic esters (lactones) is 1. The van der Waals surface area contributed by atoms with Gasteiger partial charge >= 0.3 is 5.97 Å². The highest BCUT2D eigenvalue weighted by Gasteiger charge is 2.28. The van der Waals surface area contributed by atoms with E-state index in [2.05, 4.69) is 58.7 Å². The van der Waals surface area contributed by atoms with Gasteiger partial charge in [0.1, 0.15) is 5.75 Å². The maximum absolute atomic E-state index is 12.6. The van der Waals surface area contributed by atoms with Crippen LogP contribution >= 0.6 is 0 Å². The Balaban J connectivity index is 1.70. The van der Waals surface area contributed by atoms with E-state index in [0.717, 1.165) is 33.4 Å². The molecular weight excluding hydrogens is 422 g/mol. The summed E-state index contributed by atoms with van der Waals surface area (Å²) in [5, 5.41) is 11.0. The number of hydrogen-bond donors (Lipinski definition) is 1. The number of hydrogen-bond acceptors (Lipinski definition) is 4. The molecule has 0 bridgehead atoms. The van der Waals surface area contributed by atoms with E-state index in [4.69, 9.17) is 4.74 Å². The zero-order valence-electron chi connectivity index (χ0n) is 20.6. The van der Waals surface area contributed by atoms with E-state index in [-0.39, 0.29) is 16.5 Å². The van der Waals surface area contributed by atoms with Gasteiger partial charge in [-0.05, 0) is 57.9 Å². The first kappa shape index (κ1) is 23.5. The third-order valence-corrected chi connectivity index (χ3v) is 5.91. The first-order valence-electron chi connectivity index (χ1n) is 11.5. The zero-order valence-corrected chi connectivity index (χ0v) is 20.6. The van der Waals surface area contributed by atoms with Gasteiger partial charge in [0.15, 0.2) is 5.70 Å². The normalized spacial score (nSPS) is 15.4. The van der Waals surface area contributed by atoms with Crippen LogP contribution in [0.2, 0.25) is 0 Å². The number of ether oxygens (including phenoxy) is 1. The fourth-order valence-corrected chi connectivity index (χ4v) is 4.01. The fourth-order valence-electron chi connectivity index (χ4n) is 4.01. The van der Waals surface area contributed by atoms with Crippen LogP contribution in [-0.2, 0) is 20.4 Å². The molecule has 4 heteroatoms. The van der Waals surface area contributed by atoms with E-state index in [1.54, 1.807) is 6.08 Å². The molecule has 4 rings (SSSR count). The van der Waals surface area contributed by atoms with Crippen LogP contribution in [0.15, 0.2) is 77.4 Å². The average Bonchev–Trinajstić information content (AvgIpc) is 3.14. The van der Waals surface area contributed by atoms with E-state index in [1.807, 2.05) is 54.6 Å². The van der Waals surface area contributed by atoms with Crippen molar-refractivity contribution in [3.05, 3.63) is 94.7 Å². The van der Waals surface area contributed by atoms with Crippen LogP contribution in [-0.4, -0.2) is 17.0 Å². The second kappa shape index (κ2) is 8.60. The Hall–Kier alpha value is -3.66. The van der Waals surface area contributed by atoms with Crippen LogP contribution in [0.5, 0.6) is 5.75 Å². The van der Waals surface area contributed by atoms with Crippen molar-refractivity contribution in [2.75, 3.05) is 0 Å². The highest BCUT2D eigenvalue weighted by atomic mass is 16.6. The van der Waals surface area contributed by atoms with Gasteiger partial charge in [-0.1, -0.05) is 84.0 Å². The Morgan fingerprint density at radius 3 is 1.79 bits per heavy atom. The second-order valence-electron chi connectivity index (χ2n) is 10.7. The molecule has 3 aromatic carbocycles. The van der Waals surface area contributed by atoms with Crippen LogP contribution in [0, 0.1) is 0 Å². The van der Waals surface area contributed by atoms with Gasteiger partial charge < -0.3 is 9.84 Å². The van der Waals surface area contributed by atoms with E-state index in [0.29, 0.717) is 11.6 Å². The van der Waals surface area contributed by atoms with Crippen LogP contribution in [0.25, 0.3) is 17.2 Å². The van der Waals surface area contributed by atoms with Crippen molar-refractivity contribution in [3.8, 4) is 16.9 Å². The standard InChI is InChI=1S/C30H31NO3/c1-29(2,3)23-16-19(17-24(26(23)32)30(4,5)6)18-25-28(33)34-27(31-25)22-14-12-21(13-15-22)20-10-8-7-9-11-20/h7-18,32H,1-6H3/b25-18-. The Kier molecular flexibility index (Phi) is 5.94. The minimum Gasteiger partial charge on any atom is -0.507 e. The van der Waals surface area contributed by atoms with Crippen molar-refractivity contribution in [3.63, 3.8) is 0 Å². The first-order valence-corrected chi connectivity index (χ1v) is 11.5. The Morgan fingerprint density at radius 2 is 1.26 bits per heavy atom. The summed E-state index contributed by atoms with van der Waals surface area (Å²) in [6, 6.07) is 21.8. The largest absolute Gasteiger partial charge is 0.507 e. The molecule has 34 heavy (non-hydrogen) atoms. The molecule has 3 aromatic rings. The lowest BCUT2D eigenvalue weighted by Gasteiger charge is -2.27. The van der Waals surface area contributed by atoms with Crippen molar-refractivity contribution in [2.45, 2.75) is 52.4 Å². The molecule has 0 unspecified atom stereocenters. The number of carbonyl (C=O) groups excluding carboxylic acids is 1. The molecule has 1 aliphatic rings. The predicted molar refractivity (Wildman–Crippen MR) is 138 cm³/mol. The van der Waals surface area contributed by atoms with Crippen molar-refractivity contribution in [2.24, 2.45) is 4.99 Å². The fraction of sp³-hybridized carbons (Fsp3) is 0.267. The number of rotatable bonds is 3. The molecule has 0 radical (unpaired) electrons. The van der Waals surface area contributed by atoms with Crippen LogP contribution in [0.4, 0.5) is 0 Å². The smallest absolute Gasteiger partial charge is 0.363 e. The summed E-state index contributed by atoms with van der Waals surface area (Å²) in [6.07, 6.45) is 1.73. The number of nitrogens with zero attached hydrogens (tertiary/aromatic N) is 1. The third kappa shape index (κ3) is 4.81. The van der Waals surface area contributed by atoms with Gasteiger partial charge in [0, 0.05) is 16.7 Å². The van der Waals surface area contributed by atoms with Crippen molar-refractivity contribution >= 4 is 17.9 Å². The van der Waals surface area contributed by atoms with E-state index in [9.17, 15) is 9.90 Å². The van der Waals surface area contributed by atoms with Gasteiger partial charge in [0.05, 0.1) is 0 Å². The SMILES string of the molecule is CC(C)(C)c1cc(/C=C2\N=C(c3ccc(-c4ccccc4)cc3)OC2=O)cc(C(C)(C)C)c1O. The van der Waals surface area contributed by atoms with E-state index >= 15 is 0 Å². The topological polar surface area (TPSA) is 58.9 Å². The number of benzene rings is 3. The molecule has 1 aliphatic heterocycles. The lowest BCUT2D eigenvalue weighted by atomic mass is 9.78.